The van der Waals surface area contributed by atoms with Crippen molar-refractivity contribution < 1.29 is 4.79 Å². The van der Waals surface area contributed by atoms with Crippen LogP contribution in [-0.2, 0) is 0 Å². The van der Waals surface area contributed by atoms with Crippen molar-refractivity contribution in [3.05, 3.63) is 72.0 Å². The van der Waals surface area contributed by atoms with Gasteiger partial charge in [-0.3, -0.25) is 4.79 Å². The summed E-state index contributed by atoms with van der Waals surface area (Å²) in [7, 11) is 0. The van der Waals surface area contributed by atoms with Crippen LogP contribution in [-0.4, -0.2) is 15.3 Å². The summed E-state index contributed by atoms with van der Waals surface area (Å²) in [4.78, 5) is 17.8. The molecule has 1 amide bonds. The number of benzene rings is 1. The highest BCUT2D eigenvalue weighted by Crippen LogP contribution is 2.30. The van der Waals surface area contributed by atoms with Gasteiger partial charge < -0.3 is 15.5 Å². The smallest absolute Gasteiger partial charge is 0.257 e. The fraction of sp³-hybridized carbons (Fsp3) is 0. The first-order valence-electron chi connectivity index (χ1n) is 7.38. The summed E-state index contributed by atoms with van der Waals surface area (Å²) in [5.74, 6) is -0.208. The maximum Gasteiger partial charge on any atom is 0.257 e. The molecule has 3 heterocycles. The summed E-state index contributed by atoms with van der Waals surface area (Å²) >= 11 is 1.64. The normalized spacial score (nSPS) is 10.8. The second kappa shape index (κ2) is 5.82. The Morgan fingerprint density at radius 1 is 1.21 bits per heavy atom. The number of hydrogen-bond donors (Lipinski definition) is 2. The average Bonchev–Trinajstić information content (AvgIpc) is 3.27. The van der Waals surface area contributed by atoms with Gasteiger partial charge in [-0.1, -0.05) is 12.1 Å². The van der Waals surface area contributed by atoms with Crippen LogP contribution in [0.2, 0.25) is 0 Å². The largest absolute Gasteiger partial charge is 0.397 e. The van der Waals surface area contributed by atoms with Gasteiger partial charge >= 0.3 is 0 Å². The van der Waals surface area contributed by atoms with Crippen molar-refractivity contribution >= 4 is 34.3 Å². The molecule has 0 aliphatic heterocycles. The average molecular weight is 334 g/mol. The van der Waals surface area contributed by atoms with Crippen molar-refractivity contribution in [2.24, 2.45) is 0 Å². The summed E-state index contributed by atoms with van der Waals surface area (Å²) < 4.78 is 1.81. The van der Waals surface area contributed by atoms with Gasteiger partial charge in [0.1, 0.15) is 5.65 Å². The molecule has 0 aliphatic rings. The van der Waals surface area contributed by atoms with Crippen molar-refractivity contribution in [2.45, 2.75) is 0 Å². The zero-order valence-electron chi connectivity index (χ0n) is 12.6. The highest BCUT2D eigenvalue weighted by molar-refractivity contribution is 7.13. The highest BCUT2D eigenvalue weighted by atomic mass is 32.1. The maximum atomic E-state index is 12.5. The topological polar surface area (TPSA) is 72.4 Å². The van der Waals surface area contributed by atoms with Crippen molar-refractivity contribution in [2.75, 3.05) is 11.1 Å². The van der Waals surface area contributed by atoms with Gasteiger partial charge in [0.05, 0.1) is 16.9 Å². The number of thiophene rings is 1. The molecule has 1 aromatic carbocycles. The fourth-order valence-corrected chi connectivity index (χ4v) is 3.23. The number of nitrogens with one attached hydrogen (secondary N) is 1. The number of rotatable bonds is 3. The molecule has 0 spiro atoms. The summed E-state index contributed by atoms with van der Waals surface area (Å²) in [6.07, 6.45) is 5.24. The molecule has 3 N–H and O–H groups in total. The molecular weight excluding hydrogens is 320 g/mol. The Bertz CT molecular complexity index is 1020. The second-order valence-electron chi connectivity index (χ2n) is 5.34. The number of fused-ring (bicyclic) bond motifs is 1. The number of amides is 1. The Labute approximate surface area is 142 Å². The fourth-order valence-electron chi connectivity index (χ4n) is 2.51. The van der Waals surface area contributed by atoms with E-state index < -0.39 is 0 Å². The van der Waals surface area contributed by atoms with E-state index in [9.17, 15) is 4.79 Å². The summed E-state index contributed by atoms with van der Waals surface area (Å²) in [5, 5.41) is 4.91. The molecule has 24 heavy (non-hydrogen) atoms. The number of nitrogen functional groups attached to an aromatic ring is 1. The van der Waals surface area contributed by atoms with Crippen LogP contribution in [0.1, 0.15) is 10.4 Å². The van der Waals surface area contributed by atoms with E-state index in [0.717, 1.165) is 16.1 Å². The molecule has 3 aromatic heterocycles. The molecule has 0 radical (unpaired) electrons. The number of aromatic nitrogens is 2. The van der Waals surface area contributed by atoms with Gasteiger partial charge in [0.15, 0.2) is 0 Å². The molecule has 0 bridgehead atoms. The van der Waals surface area contributed by atoms with E-state index in [1.165, 1.54) is 0 Å². The van der Waals surface area contributed by atoms with Crippen LogP contribution in [0.4, 0.5) is 11.4 Å². The molecule has 0 saturated heterocycles. The Balaban J connectivity index is 1.64. The van der Waals surface area contributed by atoms with Gasteiger partial charge in [0.2, 0.25) is 0 Å². The third-order valence-electron chi connectivity index (χ3n) is 3.76. The van der Waals surface area contributed by atoms with Crippen LogP contribution in [0, 0.1) is 0 Å². The van der Waals surface area contributed by atoms with Gasteiger partial charge in [-0.2, -0.15) is 0 Å². The van der Waals surface area contributed by atoms with Crippen LogP contribution in [0.15, 0.2) is 66.4 Å². The quantitative estimate of drug-likeness (QED) is 0.558. The number of carbonyl (C=O) groups excluding carboxylic acids is 1. The van der Waals surface area contributed by atoms with Crippen LogP contribution in [0.5, 0.6) is 0 Å². The highest BCUT2D eigenvalue weighted by Gasteiger charge is 2.11. The first-order chi connectivity index (χ1) is 11.7. The first-order valence-corrected chi connectivity index (χ1v) is 8.26. The van der Waals surface area contributed by atoms with Gasteiger partial charge in [0, 0.05) is 23.5 Å². The van der Waals surface area contributed by atoms with Gasteiger partial charge in [-0.25, -0.2) is 4.98 Å². The standard InChI is InChI=1S/C18H14N4OS/c19-14-5-3-12(16-2-1-9-24-16)10-15(14)21-18(23)13-4-6-17-20-7-8-22(17)11-13/h1-11H,19H2,(H,21,23). The van der Waals surface area contributed by atoms with Crippen molar-refractivity contribution in [1.82, 2.24) is 9.38 Å². The molecule has 4 rings (SSSR count). The van der Waals surface area contributed by atoms with Crippen LogP contribution in [0.3, 0.4) is 0 Å². The number of anilines is 2. The van der Waals surface area contributed by atoms with Gasteiger partial charge in [0.25, 0.3) is 5.91 Å². The predicted octanol–water partition coefficient (Wildman–Crippen LogP) is 3.90. The first kappa shape index (κ1) is 14.5. The van der Waals surface area contributed by atoms with Gasteiger partial charge in [-0.05, 0) is 41.3 Å². The van der Waals surface area contributed by atoms with Crippen molar-refractivity contribution in [3.8, 4) is 10.4 Å². The lowest BCUT2D eigenvalue weighted by Crippen LogP contribution is -2.13. The Kier molecular flexibility index (Phi) is 3.51. The summed E-state index contributed by atoms with van der Waals surface area (Å²) in [6, 6.07) is 13.2. The summed E-state index contributed by atoms with van der Waals surface area (Å²) in [5.41, 5.74) is 9.53. The molecule has 0 aliphatic carbocycles. The lowest BCUT2D eigenvalue weighted by atomic mass is 10.1. The molecule has 0 saturated carbocycles. The molecule has 6 heteroatoms. The van der Waals surface area contributed by atoms with E-state index in [0.29, 0.717) is 16.9 Å². The van der Waals surface area contributed by atoms with Crippen molar-refractivity contribution in [1.29, 1.82) is 0 Å². The number of imidazole rings is 1. The lowest BCUT2D eigenvalue weighted by molar-refractivity contribution is 0.102. The number of nitrogens with zero attached hydrogens (tertiary/aromatic N) is 2. The zero-order valence-corrected chi connectivity index (χ0v) is 13.5. The zero-order chi connectivity index (χ0) is 16.5. The summed E-state index contributed by atoms with van der Waals surface area (Å²) in [6.45, 7) is 0. The minimum atomic E-state index is -0.208. The molecule has 118 valence electrons. The van der Waals surface area contributed by atoms with Crippen LogP contribution < -0.4 is 11.1 Å². The van der Waals surface area contributed by atoms with Crippen molar-refractivity contribution in [3.63, 3.8) is 0 Å². The van der Waals surface area contributed by atoms with Gasteiger partial charge in [-0.15, -0.1) is 11.3 Å². The molecule has 0 fully saturated rings. The minimum absolute atomic E-state index is 0.208. The van der Waals surface area contributed by atoms with E-state index in [1.807, 2.05) is 35.7 Å². The number of hydrogen-bond acceptors (Lipinski definition) is 4. The van der Waals surface area contributed by atoms with E-state index in [-0.39, 0.29) is 5.91 Å². The Morgan fingerprint density at radius 2 is 2.12 bits per heavy atom. The maximum absolute atomic E-state index is 12.5. The minimum Gasteiger partial charge on any atom is -0.397 e. The number of carbonyl (C=O) groups is 1. The molecule has 4 aromatic rings. The monoisotopic (exact) mass is 334 g/mol. The Morgan fingerprint density at radius 3 is 2.96 bits per heavy atom. The molecule has 0 unspecified atom stereocenters. The van der Waals surface area contributed by atoms with Crippen LogP contribution >= 0.6 is 11.3 Å². The molecular formula is C18H14N4OS. The van der Waals surface area contributed by atoms with Crippen LogP contribution in [0.25, 0.3) is 16.1 Å². The van der Waals surface area contributed by atoms with E-state index in [2.05, 4.69) is 10.3 Å². The van der Waals surface area contributed by atoms with E-state index >= 15 is 0 Å². The van der Waals surface area contributed by atoms with E-state index in [4.69, 9.17) is 5.73 Å². The Hall–Kier alpha value is -3.12. The second-order valence-corrected chi connectivity index (χ2v) is 6.29. The van der Waals surface area contributed by atoms with E-state index in [1.54, 1.807) is 46.5 Å². The third kappa shape index (κ3) is 2.63. The SMILES string of the molecule is Nc1ccc(-c2cccs2)cc1NC(=O)c1ccc2nccn2c1. The number of nitrogens with two attached hydrogens (primary N) is 1. The number of pyridine rings is 1. The third-order valence-corrected chi connectivity index (χ3v) is 4.68. The predicted molar refractivity (Wildman–Crippen MR) is 97.3 cm³/mol. The molecule has 0 atom stereocenters. The lowest BCUT2D eigenvalue weighted by Gasteiger charge is -2.10. The molecule has 5 nitrogen and oxygen atoms in total.